The second-order valence-electron chi connectivity index (χ2n) is 4.31. The van der Waals surface area contributed by atoms with Crippen LogP contribution in [0.25, 0.3) is 10.9 Å². The monoisotopic (exact) mass is 344 g/mol. The second kappa shape index (κ2) is 6.05. The van der Waals surface area contributed by atoms with Crippen LogP contribution in [0.5, 0.6) is 11.6 Å². The molecule has 0 unspecified atom stereocenters. The number of ether oxygens (including phenoxy) is 1. The van der Waals surface area contributed by atoms with Gasteiger partial charge in [-0.25, -0.2) is 4.98 Å². The Morgan fingerprint density at radius 2 is 2.10 bits per heavy atom. The molecule has 0 amide bonds. The number of pyridine rings is 1. The van der Waals surface area contributed by atoms with E-state index in [0.717, 1.165) is 17.4 Å². The predicted octanol–water partition coefficient (Wildman–Crippen LogP) is 4.01. The summed E-state index contributed by atoms with van der Waals surface area (Å²) in [5, 5.41) is 4.00. The van der Waals surface area contributed by atoms with Crippen molar-refractivity contribution in [3.63, 3.8) is 0 Å². The number of benzene rings is 1. The topological polar surface area (TPSA) is 59.9 Å². The lowest BCUT2D eigenvalue weighted by Crippen LogP contribution is -2.03. The molecular weight excluding hydrogens is 332 g/mol. The van der Waals surface area contributed by atoms with Crippen molar-refractivity contribution < 1.29 is 4.74 Å². The Balaban J connectivity index is 2.00. The first-order valence-corrected chi connectivity index (χ1v) is 7.35. The Morgan fingerprint density at radius 3 is 2.95 bits per heavy atom. The second-order valence-corrected chi connectivity index (χ2v) is 5.16. The number of aromatic nitrogens is 3. The van der Waals surface area contributed by atoms with Crippen molar-refractivity contribution in [2.24, 2.45) is 0 Å². The number of nitrogens with zero attached hydrogens (tertiary/aromatic N) is 3. The average molecular weight is 345 g/mol. The van der Waals surface area contributed by atoms with Crippen LogP contribution in [0.15, 0.2) is 47.2 Å². The minimum Gasteiger partial charge on any atom is -0.437 e. The van der Waals surface area contributed by atoms with E-state index in [0.29, 0.717) is 22.1 Å². The van der Waals surface area contributed by atoms with Crippen LogP contribution in [0.3, 0.4) is 0 Å². The van der Waals surface area contributed by atoms with Gasteiger partial charge in [0.15, 0.2) is 0 Å². The van der Waals surface area contributed by atoms with E-state index in [1.807, 2.05) is 37.3 Å². The summed E-state index contributed by atoms with van der Waals surface area (Å²) in [4.78, 5) is 12.8. The molecule has 3 rings (SSSR count). The van der Waals surface area contributed by atoms with E-state index in [2.05, 4.69) is 36.2 Å². The molecule has 2 aromatic heterocycles. The Hall–Kier alpha value is -2.21. The van der Waals surface area contributed by atoms with E-state index in [9.17, 15) is 0 Å². The van der Waals surface area contributed by atoms with Crippen LogP contribution in [-0.4, -0.2) is 21.5 Å². The molecule has 1 N–H and O–H groups in total. The van der Waals surface area contributed by atoms with Gasteiger partial charge in [-0.2, -0.15) is 4.98 Å². The zero-order valence-electron chi connectivity index (χ0n) is 11.4. The van der Waals surface area contributed by atoms with Crippen molar-refractivity contribution in [3.8, 4) is 11.6 Å². The van der Waals surface area contributed by atoms with Crippen LogP contribution in [-0.2, 0) is 0 Å². The third-order valence-corrected chi connectivity index (χ3v) is 3.40. The first-order chi connectivity index (χ1) is 10.3. The average Bonchev–Trinajstić information content (AvgIpc) is 2.51. The van der Waals surface area contributed by atoms with Crippen LogP contribution in [0.2, 0.25) is 0 Å². The van der Waals surface area contributed by atoms with Crippen LogP contribution < -0.4 is 10.1 Å². The van der Waals surface area contributed by atoms with Gasteiger partial charge in [-0.05, 0) is 47.1 Å². The molecule has 0 bridgehead atoms. The maximum atomic E-state index is 5.93. The highest BCUT2D eigenvalue weighted by Crippen LogP contribution is 2.32. The van der Waals surface area contributed by atoms with Gasteiger partial charge in [-0.1, -0.05) is 6.07 Å². The molecule has 106 valence electrons. The molecule has 0 aliphatic heterocycles. The lowest BCUT2D eigenvalue weighted by Gasteiger charge is -2.10. The molecule has 21 heavy (non-hydrogen) atoms. The van der Waals surface area contributed by atoms with Crippen LogP contribution in [0, 0.1) is 0 Å². The van der Waals surface area contributed by atoms with Crippen molar-refractivity contribution in [1.82, 2.24) is 15.0 Å². The summed E-state index contributed by atoms with van der Waals surface area (Å²) in [5.74, 6) is 1.72. The van der Waals surface area contributed by atoms with E-state index in [4.69, 9.17) is 4.74 Å². The lowest BCUT2D eigenvalue weighted by atomic mass is 10.2. The number of hydrogen-bond donors (Lipinski definition) is 1. The minimum atomic E-state index is 0.470. The molecule has 1 aromatic carbocycles. The number of halogens is 1. The number of hydrogen-bond acceptors (Lipinski definition) is 5. The van der Waals surface area contributed by atoms with Crippen molar-refractivity contribution in [1.29, 1.82) is 0 Å². The molecule has 0 saturated carbocycles. The maximum Gasteiger partial charge on any atom is 0.238 e. The molecule has 0 saturated heterocycles. The van der Waals surface area contributed by atoms with Crippen molar-refractivity contribution in [2.45, 2.75) is 6.92 Å². The van der Waals surface area contributed by atoms with Gasteiger partial charge < -0.3 is 10.1 Å². The van der Waals surface area contributed by atoms with Gasteiger partial charge in [0.2, 0.25) is 11.8 Å². The normalized spacial score (nSPS) is 10.6. The van der Waals surface area contributed by atoms with Crippen LogP contribution >= 0.6 is 15.9 Å². The van der Waals surface area contributed by atoms with Gasteiger partial charge in [0.05, 0.1) is 16.2 Å². The summed E-state index contributed by atoms with van der Waals surface area (Å²) in [6, 6.07) is 9.60. The summed E-state index contributed by atoms with van der Waals surface area (Å²) >= 11 is 3.41. The molecule has 3 aromatic rings. The minimum absolute atomic E-state index is 0.470. The maximum absolute atomic E-state index is 5.93. The van der Waals surface area contributed by atoms with Gasteiger partial charge in [0.1, 0.15) is 5.75 Å². The Kier molecular flexibility index (Phi) is 3.96. The zero-order valence-corrected chi connectivity index (χ0v) is 13.0. The smallest absolute Gasteiger partial charge is 0.238 e. The molecule has 0 aliphatic rings. The third-order valence-electron chi connectivity index (χ3n) is 2.86. The summed E-state index contributed by atoms with van der Waals surface area (Å²) in [7, 11) is 0. The van der Waals surface area contributed by atoms with Gasteiger partial charge in [0, 0.05) is 18.1 Å². The molecule has 0 spiro atoms. The molecule has 0 fully saturated rings. The van der Waals surface area contributed by atoms with Gasteiger partial charge >= 0.3 is 0 Å². The van der Waals surface area contributed by atoms with Crippen molar-refractivity contribution in [3.05, 3.63) is 47.2 Å². The number of nitrogens with one attached hydrogen (secondary N) is 1. The SMILES string of the molecule is CCNc1ncc(Br)c(Oc2cccc3ncccc23)n1. The largest absolute Gasteiger partial charge is 0.437 e. The van der Waals surface area contributed by atoms with Gasteiger partial charge in [0.25, 0.3) is 0 Å². The fraction of sp³-hybridized carbons (Fsp3) is 0.133. The van der Waals surface area contributed by atoms with E-state index >= 15 is 0 Å². The predicted molar refractivity (Wildman–Crippen MR) is 85.7 cm³/mol. The van der Waals surface area contributed by atoms with E-state index in [-0.39, 0.29) is 0 Å². The molecule has 2 heterocycles. The Bertz CT molecular complexity index is 773. The fourth-order valence-corrected chi connectivity index (χ4v) is 2.21. The van der Waals surface area contributed by atoms with Crippen molar-refractivity contribution in [2.75, 3.05) is 11.9 Å². The molecule has 0 atom stereocenters. The van der Waals surface area contributed by atoms with Gasteiger partial charge in [-0.15, -0.1) is 0 Å². The number of anilines is 1. The molecule has 5 nitrogen and oxygen atoms in total. The van der Waals surface area contributed by atoms with E-state index in [1.54, 1.807) is 12.4 Å². The highest BCUT2D eigenvalue weighted by molar-refractivity contribution is 9.10. The zero-order chi connectivity index (χ0) is 14.7. The first-order valence-electron chi connectivity index (χ1n) is 6.56. The fourth-order valence-electron chi connectivity index (χ4n) is 1.93. The van der Waals surface area contributed by atoms with Crippen molar-refractivity contribution >= 4 is 32.8 Å². The summed E-state index contributed by atoms with van der Waals surface area (Å²) < 4.78 is 6.63. The Labute approximate surface area is 130 Å². The quantitative estimate of drug-likeness (QED) is 0.774. The summed E-state index contributed by atoms with van der Waals surface area (Å²) in [6.07, 6.45) is 3.43. The molecule has 0 radical (unpaired) electrons. The van der Waals surface area contributed by atoms with E-state index < -0.39 is 0 Å². The van der Waals surface area contributed by atoms with Crippen LogP contribution in [0.1, 0.15) is 6.92 Å². The molecule has 0 aliphatic carbocycles. The van der Waals surface area contributed by atoms with Crippen LogP contribution in [0.4, 0.5) is 5.95 Å². The first kappa shape index (κ1) is 13.8. The number of fused-ring (bicyclic) bond motifs is 1. The van der Waals surface area contributed by atoms with Gasteiger partial charge in [-0.3, -0.25) is 4.98 Å². The number of rotatable bonds is 4. The highest BCUT2D eigenvalue weighted by atomic mass is 79.9. The summed E-state index contributed by atoms with van der Waals surface area (Å²) in [5.41, 5.74) is 0.882. The Morgan fingerprint density at radius 1 is 1.19 bits per heavy atom. The molecular formula is C15H13BrN4O. The lowest BCUT2D eigenvalue weighted by molar-refractivity contribution is 0.464. The standard InChI is InChI=1S/C15H13BrN4O/c1-2-17-15-19-9-11(16)14(20-15)21-13-7-3-6-12-10(13)5-4-8-18-12/h3-9H,2H2,1H3,(H,17,19,20). The summed E-state index contributed by atoms with van der Waals surface area (Å²) in [6.45, 7) is 2.74. The van der Waals surface area contributed by atoms with E-state index in [1.165, 1.54) is 0 Å². The third kappa shape index (κ3) is 2.95. The molecule has 6 heteroatoms. The highest BCUT2D eigenvalue weighted by Gasteiger charge is 2.09.